The van der Waals surface area contributed by atoms with E-state index in [1.165, 1.54) is 11.3 Å². The van der Waals surface area contributed by atoms with Crippen molar-refractivity contribution in [3.05, 3.63) is 65.5 Å². The van der Waals surface area contributed by atoms with Gasteiger partial charge in [-0.3, -0.25) is 10.2 Å². The van der Waals surface area contributed by atoms with Gasteiger partial charge in [0.15, 0.2) is 6.61 Å². The monoisotopic (exact) mass is 434 g/mol. The number of carbonyl (C=O) groups is 1. The highest BCUT2D eigenvalue weighted by atomic mass is 32.1. The molecule has 1 amide bonds. The average Bonchev–Trinajstić information content (AvgIpc) is 3.28. The van der Waals surface area contributed by atoms with Gasteiger partial charge in [-0.1, -0.05) is 49.4 Å². The zero-order valence-electron chi connectivity index (χ0n) is 17.5. The van der Waals surface area contributed by atoms with E-state index in [0.717, 1.165) is 42.8 Å². The number of para-hydroxylation sites is 1. The van der Waals surface area contributed by atoms with Gasteiger partial charge in [-0.15, -0.1) is 11.3 Å². The molecule has 6 nitrogen and oxygen atoms in total. The molecule has 0 bridgehead atoms. The molecule has 31 heavy (non-hydrogen) atoms. The molecule has 1 saturated heterocycles. The SMILES string of the molecule is CC1CCN(C(=O)COc2ccccc2C=NNc2nc(-c3ccccc3)cs2)CC1. The topological polar surface area (TPSA) is 66.8 Å². The number of anilines is 1. The van der Waals surface area contributed by atoms with E-state index in [2.05, 4.69) is 22.4 Å². The summed E-state index contributed by atoms with van der Waals surface area (Å²) in [5, 5.41) is 7.01. The molecule has 4 rings (SSSR count). The maximum absolute atomic E-state index is 12.5. The van der Waals surface area contributed by atoms with Gasteiger partial charge in [0, 0.05) is 29.6 Å². The number of carbonyl (C=O) groups excluding carboxylic acids is 1. The number of ether oxygens (including phenoxy) is 1. The first-order valence-electron chi connectivity index (χ1n) is 10.5. The van der Waals surface area contributed by atoms with Crippen molar-refractivity contribution in [1.82, 2.24) is 9.88 Å². The van der Waals surface area contributed by atoms with Crippen molar-refractivity contribution >= 4 is 28.6 Å². The van der Waals surface area contributed by atoms with E-state index in [4.69, 9.17) is 4.74 Å². The van der Waals surface area contributed by atoms with Crippen molar-refractivity contribution in [3.8, 4) is 17.0 Å². The summed E-state index contributed by atoms with van der Waals surface area (Å²) in [5.74, 6) is 1.36. The van der Waals surface area contributed by atoms with Crippen LogP contribution in [0.25, 0.3) is 11.3 Å². The van der Waals surface area contributed by atoms with Crippen LogP contribution in [-0.4, -0.2) is 41.7 Å². The molecule has 1 fully saturated rings. The number of piperidine rings is 1. The largest absolute Gasteiger partial charge is 0.483 e. The van der Waals surface area contributed by atoms with Gasteiger partial charge in [-0.2, -0.15) is 5.10 Å². The summed E-state index contributed by atoms with van der Waals surface area (Å²) >= 11 is 1.50. The van der Waals surface area contributed by atoms with E-state index in [9.17, 15) is 4.79 Å². The number of rotatable bonds is 7. The van der Waals surface area contributed by atoms with Gasteiger partial charge in [0.25, 0.3) is 5.91 Å². The fraction of sp³-hybridized carbons (Fsp3) is 0.292. The Labute approximate surface area is 186 Å². The molecule has 1 aliphatic heterocycles. The summed E-state index contributed by atoms with van der Waals surface area (Å²) in [6.07, 6.45) is 3.80. The fourth-order valence-electron chi connectivity index (χ4n) is 3.43. The fourth-order valence-corrected chi connectivity index (χ4v) is 4.10. The second-order valence-corrected chi connectivity index (χ2v) is 8.52. The van der Waals surface area contributed by atoms with E-state index >= 15 is 0 Å². The van der Waals surface area contributed by atoms with Crippen molar-refractivity contribution in [3.63, 3.8) is 0 Å². The number of thiazole rings is 1. The van der Waals surface area contributed by atoms with Gasteiger partial charge >= 0.3 is 0 Å². The first-order chi connectivity index (χ1) is 15.2. The molecule has 0 aliphatic carbocycles. The van der Waals surface area contributed by atoms with E-state index in [1.807, 2.05) is 64.9 Å². The van der Waals surface area contributed by atoms with Gasteiger partial charge in [-0.25, -0.2) is 4.98 Å². The van der Waals surface area contributed by atoms with Crippen LogP contribution in [0.1, 0.15) is 25.3 Å². The minimum atomic E-state index is 0.0352. The highest BCUT2D eigenvalue weighted by Crippen LogP contribution is 2.24. The van der Waals surface area contributed by atoms with Crippen molar-refractivity contribution < 1.29 is 9.53 Å². The Morgan fingerprint density at radius 1 is 1.19 bits per heavy atom. The Kier molecular flexibility index (Phi) is 6.94. The summed E-state index contributed by atoms with van der Waals surface area (Å²) in [7, 11) is 0. The molecule has 3 aromatic rings. The summed E-state index contributed by atoms with van der Waals surface area (Å²) in [6, 6.07) is 17.6. The van der Waals surface area contributed by atoms with Crippen LogP contribution < -0.4 is 10.2 Å². The molecule has 0 unspecified atom stereocenters. The summed E-state index contributed by atoms with van der Waals surface area (Å²) in [6.45, 7) is 3.90. The van der Waals surface area contributed by atoms with Crippen molar-refractivity contribution in [2.45, 2.75) is 19.8 Å². The molecule has 7 heteroatoms. The Hall–Kier alpha value is -3.19. The molecule has 0 radical (unpaired) electrons. The molecule has 0 atom stereocenters. The smallest absolute Gasteiger partial charge is 0.260 e. The number of hydrazone groups is 1. The summed E-state index contributed by atoms with van der Waals surface area (Å²) < 4.78 is 5.82. The average molecular weight is 435 g/mol. The lowest BCUT2D eigenvalue weighted by molar-refractivity contribution is -0.134. The van der Waals surface area contributed by atoms with Crippen molar-refractivity contribution in [2.75, 3.05) is 25.1 Å². The lowest BCUT2D eigenvalue weighted by Crippen LogP contribution is -2.40. The predicted octanol–water partition coefficient (Wildman–Crippen LogP) is 4.89. The molecule has 0 spiro atoms. The quantitative estimate of drug-likeness (QED) is 0.425. The minimum absolute atomic E-state index is 0.0352. The zero-order chi connectivity index (χ0) is 21.5. The molecule has 2 heterocycles. The Morgan fingerprint density at radius 2 is 1.94 bits per heavy atom. The summed E-state index contributed by atoms with van der Waals surface area (Å²) in [4.78, 5) is 18.9. The van der Waals surface area contributed by atoms with Gasteiger partial charge < -0.3 is 9.64 Å². The molecule has 1 N–H and O–H groups in total. The van der Waals surface area contributed by atoms with Crippen LogP contribution in [0.3, 0.4) is 0 Å². The third kappa shape index (κ3) is 5.70. The van der Waals surface area contributed by atoms with Crippen LogP contribution >= 0.6 is 11.3 Å². The van der Waals surface area contributed by atoms with Gasteiger partial charge in [0.1, 0.15) is 5.75 Å². The number of nitrogens with zero attached hydrogens (tertiary/aromatic N) is 3. The highest BCUT2D eigenvalue weighted by Gasteiger charge is 2.20. The van der Waals surface area contributed by atoms with E-state index in [0.29, 0.717) is 16.8 Å². The zero-order valence-corrected chi connectivity index (χ0v) is 18.3. The summed E-state index contributed by atoms with van der Waals surface area (Å²) in [5.41, 5.74) is 5.76. The first-order valence-corrected chi connectivity index (χ1v) is 11.4. The number of hydrogen-bond acceptors (Lipinski definition) is 6. The molecule has 0 saturated carbocycles. The van der Waals surface area contributed by atoms with Crippen LogP contribution in [0, 0.1) is 5.92 Å². The van der Waals surface area contributed by atoms with Crippen LogP contribution in [0.15, 0.2) is 65.1 Å². The third-order valence-corrected chi connectivity index (χ3v) is 6.09. The molecule has 1 aliphatic rings. The molecule has 1 aromatic heterocycles. The molecular formula is C24H26N4O2S. The van der Waals surface area contributed by atoms with E-state index < -0.39 is 0 Å². The number of amides is 1. The minimum Gasteiger partial charge on any atom is -0.483 e. The standard InChI is InChI=1S/C24H26N4O2S/c1-18-11-13-28(14-12-18)23(29)16-30-22-10-6-5-9-20(22)15-25-27-24-26-21(17-31-24)19-7-3-2-4-8-19/h2-10,15,17-18H,11-14,16H2,1H3,(H,26,27). The van der Waals surface area contributed by atoms with Gasteiger partial charge in [0.05, 0.1) is 11.9 Å². The second kappa shape index (κ2) is 10.2. The van der Waals surface area contributed by atoms with Crippen LogP contribution in [0.2, 0.25) is 0 Å². The second-order valence-electron chi connectivity index (χ2n) is 7.66. The van der Waals surface area contributed by atoms with Crippen molar-refractivity contribution in [2.24, 2.45) is 11.0 Å². The van der Waals surface area contributed by atoms with Crippen LogP contribution in [0.5, 0.6) is 5.75 Å². The molecule has 160 valence electrons. The lowest BCUT2D eigenvalue weighted by Gasteiger charge is -2.30. The number of nitrogens with one attached hydrogen (secondary N) is 1. The van der Waals surface area contributed by atoms with Gasteiger partial charge in [-0.05, 0) is 30.9 Å². The number of aromatic nitrogens is 1. The Morgan fingerprint density at radius 3 is 2.74 bits per heavy atom. The first kappa shape index (κ1) is 21.1. The number of hydrogen-bond donors (Lipinski definition) is 1. The maximum atomic E-state index is 12.5. The van der Waals surface area contributed by atoms with E-state index in [1.54, 1.807) is 6.21 Å². The highest BCUT2D eigenvalue weighted by molar-refractivity contribution is 7.14. The lowest BCUT2D eigenvalue weighted by atomic mass is 9.99. The third-order valence-electron chi connectivity index (χ3n) is 5.34. The van der Waals surface area contributed by atoms with Crippen molar-refractivity contribution in [1.29, 1.82) is 0 Å². The van der Waals surface area contributed by atoms with Gasteiger partial charge in [0.2, 0.25) is 5.13 Å². The van der Waals surface area contributed by atoms with Crippen LogP contribution in [0.4, 0.5) is 5.13 Å². The van der Waals surface area contributed by atoms with E-state index in [-0.39, 0.29) is 12.5 Å². The normalized spacial score (nSPS) is 14.7. The molecular weight excluding hydrogens is 408 g/mol. The van der Waals surface area contributed by atoms with Crippen LogP contribution in [-0.2, 0) is 4.79 Å². The molecule has 2 aromatic carbocycles. The maximum Gasteiger partial charge on any atom is 0.260 e. The predicted molar refractivity (Wildman–Crippen MR) is 126 cm³/mol. The number of likely N-dealkylation sites (tertiary alicyclic amines) is 1. The Balaban J connectivity index is 1.34. The Bertz CT molecular complexity index is 1030. The number of benzene rings is 2.